The Balaban J connectivity index is 1.97. The van der Waals surface area contributed by atoms with E-state index in [-0.39, 0.29) is 5.38 Å². The number of fused-ring (bicyclic) bond motifs is 1. The first-order chi connectivity index (χ1) is 10.0. The molecule has 0 saturated heterocycles. The minimum absolute atomic E-state index is 0.154. The largest absolute Gasteiger partial charge is 0.310 e. The predicted molar refractivity (Wildman–Crippen MR) is 83.5 cm³/mol. The van der Waals surface area contributed by atoms with E-state index in [9.17, 15) is 0 Å². The van der Waals surface area contributed by atoms with Gasteiger partial charge in [0, 0.05) is 18.9 Å². The number of rotatable bonds is 4. The number of pyridine rings is 1. The number of imidazole rings is 1. The monoisotopic (exact) mass is 303 g/mol. The van der Waals surface area contributed by atoms with Crippen molar-refractivity contribution in [2.45, 2.75) is 39.2 Å². The zero-order chi connectivity index (χ0) is 15.0. The third-order valence-corrected chi connectivity index (χ3v) is 3.62. The summed E-state index contributed by atoms with van der Waals surface area (Å²) in [5.74, 6) is 0.855. The van der Waals surface area contributed by atoms with Crippen molar-refractivity contribution in [2.75, 3.05) is 0 Å². The van der Waals surface area contributed by atoms with Gasteiger partial charge in [0.15, 0.2) is 5.65 Å². The van der Waals surface area contributed by atoms with Gasteiger partial charge in [-0.2, -0.15) is 5.10 Å². The molecule has 5 nitrogen and oxygen atoms in total. The van der Waals surface area contributed by atoms with Crippen LogP contribution in [0.5, 0.6) is 0 Å². The first-order valence-corrected chi connectivity index (χ1v) is 7.44. The van der Waals surface area contributed by atoms with E-state index in [2.05, 4.69) is 19.6 Å². The zero-order valence-electron chi connectivity index (χ0n) is 12.4. The number of hydrogen-bond donors (Lipinski definition) is 0. The maximum atomic E-state index is 6.27. The fraction of sp³-hybridized carbons (Fsp3) is 0.400. The van der Waals surface area contributed by atoms with Crippen LogP contribution in [0.3, 0.4) is 0 Å². The fourth-order valence-electron chi connectivity index (χ4n) is 2.44. The van der Waals surface area contributed by atoms with Crippen molar-refractivity contribution in [2.24, 2.45) is 0 Å². The summed E-state index contributed by atoms with van der Waals surface area (Å²) in [6.07, 6.45) is 5.75. The topological polar surface area (TPSA) is 48.5 Å². The van der Waals surface area contributed by atoms with Crippen LogP contribution in [0.4, 0.5) is 0 Å². The van der Waals surface area contributed by atoms with Gasteiger partial charge in [0.05, 0.1) is 18.1 Å². The van der Waals surface area contributed by atoms with Gasteiger partial charge in [-0.3, -0.25) is 4.68 Å². The Bertz CT molecular complexity index is 772. The maximum Gasteiger partial charge on any atom is 0.160 e. The van der Waals surface area contributed by atoms with E-state index < -0.39 is 0 Å². The van der Waals surface area contributed by atoms with Crippen molar-refractivity contribution in [3.63, 3.8) is 0 Å². The van der Waals surface area contributed by atoms with Crippen molar-refractivity contribution in [3.05, 3.63) is 41.6 Å². The highest BCUT2D eigenvalue weighted by molar-refractivity contribution is 6.20. The van der Waals surface area contributed by atoms with Crippen LogP contribution in [0, 0.1) is 13.8 Å². The van der Waals surface area contributed by atoms with Crippen LogP contribution in [0.2, 0.25) is 0 Å². The second-order valence-corrected chi connectivity index (χ2v) is 6.03. The minimum Gasteiger partial charge on any atom is -0.310 e. The van der Waals surface area contributed by atoms with Crippen molar-refractivity contribution in [1.82, 2.24) is 24.3 Å². The number of aryl methyl sites for hydroxylation is 4. The highest BCUT2D eigenvalue weighted by atomic mass is 35.5. The standard InChI is InChI=1S/C15H18ClN5/c1-10-6-13-15(17-7-10)21(14(19-13)12(3)16)5-4-20-9-11(2)8-18-20/h6-9,12H,4-5H2,1-3H3. The average Bonchev–Trinajstić information content (AvgIpc) is 2.99. The molecule has 6 heteroatoms. The van der Waals surface area contributed by atoms with Crippen molar-refractivity contribution in [3.8, 4) is 0 Å². The molecule has 0 spiro atoms. The van der Waals surface area contributed by atoms with Crippen LogP contribution in [-0.4, -0.2) is 24.3 Å². The van der Waals surface area contributed by atoms with E-state index in [0.717, 1.165) is 41.2 Å². The Kier molecular flexibility index (Phi) is 3.68. The van der Waals surface area contributed by atoms with E-state index in [1.54, 1.807) is 0 Å². The Morgan fingerprint density at radius 2 is 2.00 bits per heavy atom. The number of alkyl halides is 1. The summed E-state index contributed by atoms with van der Waals surface area (Å²) in [6.45, 7) is 7.50. The van der Waals surface area contributed by atoms with Gasteiger partial charge >= 0.3 is 0 Å². The van der Waals surface area contributed by atoms with Crippen LogP contribution in [0.25, 0.3) is 11.2 Å². The van der Waals surface area contributed by atoms with Gasteiger partial charge in [-0.15, -0.1) is 11.6 Å². The van der Waals surface area contributed by atoms with Gasteiger partial charge in [-0.1, -0.05) is 0 Å². The summed E-state index contributed by atoms with van der Waals surface area (Å²) >= 11 is 6.27. The predicted octanol–water partition coefficient (Wildman–Crippen LogP) is 3.24. The molecular formula is C15H18ClN5. The lowest BCUT2D eigenvalue weighted by Gasteiger charge is -2.10. The minimum atomic E-state index is -0.154. The third-order valence-electron chi connectivity index (χ3n) is 3.42. The molecule has 1 atom stereocenters. The van der Waals surface area contributed by atoms with Gasteiger partial charge in [-0.05, 0) is 38.0 Å². The van der Waals surface area contributed by atoms with E-state index in [1.165, 1.54) is 0 Å². The second kappa shape index (κ2) is 5.48. The summed E-state index contributed by atoms with van der Waals surface area (Å²) in [5.41, 5.74) is 4.04. The van der Waals surface area contributed by atoms with Crippen LogP contribution < -0.4 is 0 Å². The van der Waals surface area contributed by atoms with Crippen LogP contribution in [-0.2, 0) is 13.1 Å². The first kappa shape index (κ1) is 14.1. The van der Waals surface area contributed by atoms with Gasteiger partial charge in [0.2, 0.25) is 0 Å². The van der Waals surface area contributed by atoms with E-state index in [4.69, 9.17) is 11.6 Å². The summed E-state index contributed by atoms with van der Waals surface area (Å²) in [5, 5.41) is 4.16. The summed E-state index contributed by atoms with van der Waals surface area (Å²) in [7, 11) is 0. The molecular weight excluding hydrogens is 286 g/mol. The summed E-state index contributed by atoms with van der Waals surface area (Å²) < 4.78 is 4.02. The molecule has 1 unspecified atom stereocenters. The molecule has 0 radical (unpaired) electrons. The highest BCUT2D eigenvalue weighted by Crippen LogP contribution is 2.24. The van der Waals surface area contributed by atoms with Crippen molar-refractivity contribution in [1.29, 1.82) is 0 Å². The Hall–Kier alpha value is -1.88. The van der Waals surface area contributed by atoms with Crippen LogP contribution in [0.15, 0.2) is 24.7 Å². The molecule has 0 fully saturated rings. The lowest BCUT2D eigenvalue weighted by atomic mass is 10.3. The Labute approximate surface area is 128 Å². The molecule has 0 N–H and O–H groups in total. The smallest absolute Gasteiger partial charge is 0.160 e. The number of aromatic nitrogens is 5. The Morgan fingerprint density at radius 1 is 1.19 bits per heavy atom. The van der Waals surface area contributed by atoms with E-state index in [1.807, 2.05) is 50.1 Å². The molecule has 0 saturated carbocycles. The van der Waals surface area contributed by atoms with Crippen molar-refractivity contribution >= 4 is 22.8 Å². The molecule has 0 aliphatic rings. The molecule has 0 aliphatic heterocycles. The van der Waals surface area contributed by atoms with Crippen LogP contribution >= 0.6 is 11.6 Å². The molecule has 21 heavy (non-hydrogen) atoms. The summed E-state index contributed by atoms with van der Waals surface area (Å²) in [4.78, 5) is 9.14. The number of halogens is 1. The molecule has 0 amide bonds. The Morgan fingerprint density at radius 3 is 2.67 bits per heavy atom. The normalized spacial score (nSPS) is 13.0. The maximum absolute atomic E-state index is 6.27. The summed E-state index contributed by atoms with van der Waals surface area (Å²) in [6, 6.07) is 2.04. The lowest BCUT2D eigenvalue weighted by Crippen LogP contribution is -2.11. The molecule has 3 rings (SSSR count). The zero-order valence-corrected chi connectivity index (χ0v) is 13.2. The highest BCUT2D eigenvalue weighted by Gasteiger charge is 2.16. The van der Waals surface area contributed by atoms with Crippen molar-refractivity contribution < 1.29 is 0 Å². The van der Waals surface area contributed by atoms with Gasteiger partial charge < -0.3 is 4.57 Å². The van der Waals surface area contributed by atoms with E-state index in [0.29, 0.717) is 0 Å². The molecule has 3 aromatic heterocycles. The van der Waals surface area contributed by atoms with E-state index >= 15 is 0 Å². The quantitative estimate of drug-likeness (QED) is 0.695. The molecule has 3 aromatic rings. The molecule has 3 heterocycles. The third kappa shape index (κ3) is 2.78. The number of hydrogen-bond acceptors (Lipinski definition) is 3. The van der Waals surface area contributed by atoms with Gasteiger partial charge in [0.1, 0.15) is 11.3 Å². The SMILES string of the molecule is Cc1cnc2c(c1)nc(C(C)Cl)n2CCn1cc(C)cn1. The molecule has 0 aromatic carbocycles. The average molecular weight is 304 g/mol. The molecule has 110 valence electrons. The molecule has 0 bridgehead atoms. The lowest BCUT2D eigenvalue weighted by molar-refractivity contribution is 0.526. The number of nitrogens with zero attached hydrogens (tertiary/aromatic N) is 5. The second-order valence-electron chi connectivity index (χ2n) is 5.37. The van der Waals surface area contributed by atoms with Crippen LogP contribution in [0.1, 0.15) is 29.3 Å². The molecule has 0 aliphatic carbocycles. The first-order valence-electron chi connectivity index (χ1n) is 7.00. The fourth-order valence-corrected chi connectivity index (χ4v) is 2.61. The van der Waals surface area contributed by atoms with Gasteiger partial charge in [0.25, 0.3) is 0 Å². The van der Waals surface area contributed by atoms with Gasteiger partial charge in [-0.25, -0.2) is 9.97 Å².